The fourth-order valence-corrected chi connectivity index (χ4v) is 2.29. The van der Waals surface area contributed by atoms with Crippen molar-refractivity contribution in [1.29, 1.82) is 0 Å². The molecule has 0 bridgehead atoms. The molecular formula is C12H21NO3. The lowest BCUT2D eigenvalue weighted by molar-refractivity contribution is 0.0479. The number of epoxide rings is 1. The SMILES string of the molecule is CC(C)(C)OC(=O)N[C@@H]1CCC[C@@]2(CO2)C1. The van der Waals surface area contributed by atoms with E-state index in [4.69, 9.17) is 9.47 Å². The van der Waals surface area contributed by atoms with Crippen molar-refractivity contribution < 1.29 is 14.3 Å². The van der Waals surface area contributed by atoms with Crippen molar-refractivity contribution in [2.75, 3.05) is 6.61 Å². The van der Waals surface area contributed by atoms with Crippen LogP contribution in [0, 0.1) is 0 Å². The zero-order valence-electron chi connectivity index (χ0n) is 10.3. The Morgan fingerprint density at radius 1 is 1.50 bits per heavy atom. The van der Waals surface area contributed by atoms with Crippen molar-refractivity contribution in [1.82, 2.24) is 5.32 Å². The Hall–Kier alpha value is -0.770. The molecule has 0 aromatic heterocycles. The fraction of sp³-hybridized carbons (Fsp3) is 0.917. The van der Waals surface area contributed by atoms with Crippen molar-refractivity contribution in [2.45, 2.75) is 63.7 Å². The molecule has 1 saturated carbocycles. The first-order valence-corrected chi connectivity index (χ1v) is 6.02. The second-order valence-electron chi connectivity index (χ2n) is 5.91. The third-order valence-corrected chi connectivity index (χ3v) is 3.08. The number of hydrogen-bond acceptors (Lipinski definition) is 3. The highest BCUT2D eigenvalue weighted by Crippen LogP contribution is 2.41. The molecular weight excluding hydrogens is 206 g/mol. The molecule has 1 saturated heterocycles. The Morgan fingerprint density at radius 2 is 2.19 bits per heavy atom. The number of rotatable bonds is 1. The summed E-state index contributed by atoms with van der Waals surface area (Å²) >= 11 is 0. The highest BCUT2D eigenvalue weighted by Gasteiger charge is 2.48. The summed E-state index contributed by atoms with van der Waals surface area (Å²) in [7, 11) is 0. The summed E-state index contributed by atoms with van der Waals surface area (Å²) in [6, 6.07) is 0.214. The number of carbonyl (C=O) groups is 1. The van der Waals surface area contributed by atoms with Gasteiger partial charge >= 0.3 is 6.09 Å². The Labute approximate surface area is 96.7 Å². The summed E-state index contributed by atoms with van der Waals surface area (Å²) in [5.74, 6) is 0. The van der Waals surface area contributed by atoms with Crippen LogP contribution in [-0.2, 0) is 9.47 Å². The molecule has 4 nitrogen and oxygen atoms in total. The lowest BCUT2D eigenvalue weighted by Gasteiger charge is -2.28. The van der Waals surface area contributed by atoms with E-state index in [1.165, 1.54) is 0 Å². The largest absolute Gasteiger partial charge is 0.444 e. The Bertz CT molecular complexity index is 278. The van der Waals surface area contributed by atoms with Crippen LogP contribution in [0.1, 0.15) is 46.5 Å². The number of ether oxygens (including phenoxy) is 2. The van der Waals surface area contributed by atoms with Gasteiger partial charge in [-0.2, -0.15) is 0 Å². The van der Waals surface area contributed by atoms with E-state index in [2.05, 4.69) is 5.32 Å². The van der Waals surface area contributed by atoms with Gasteiger partial charge < -0.3 is 14.8 Å². The molecule has 1 spiro atoms. The number of hydrogen-bond donors (Lipinski definition) is 1. The van der Waals surface area contributed by atoms with Crippen molar-refractivity contribution in [2.24, 2.45) is 0 Å². The van der Waals surface area contributed by atoms with Crippen LogP contribution in [0.3, 0.4) is 0 Å². The van der Waals surface area contributed by atoms with Crippen LogP contribution in [-0.4, -0.2) is 29.9 Å². The highest BCUT2D eigenvalue weighted by atomic mass is 16.6. The van der Waals surface area contributed by atoms with Gasteiger partial charge in [0.15, 0.2) is 0 Å². The van der Waals surface area contributed by atoms with Gasteiger partial charge in [0.25, 0.3) is 0 Å². The van der Waals surface area contributed by atoms with E-state index in [0.29, 0.717) is 0 Å². The molecule has 1 aliphatic carbocycles. The Kier molecular flexibility index (Phi) is 2.86. The zero-order valence-corrected chi connectivity index (χ0v) is 10.3. The maximum atomic E-state index is 11.6. The first-order chi connectivity index (χ1) is 7.39. The van der Waals surface area contributed by atoms with Crippen molar-refractivity contribution in [3.63, 3.8) is 0 Å². The molecule has 1 heterocycles. The summed E-state index contributed by atoms with van der Waals surface area (Å²) in [6.07, 6.45) is 3.92. The molecule has 0 unspecified atom stereocenters. The first kappa shape index (κ1) is 11.7. The molecule has 0 aromatic carbocycles. The molecule has 2 atom stereocenters. The van der Waals surface area contributed by atoms with E-state index in [9.17, 15) is 4.79 Å². The second-order valence-corrected chi connectivity index (χ2v) is 5.91. The molecule has 0 radical (unpaired) electrons. The monoisotopic (exact) mass is 227 g/mol. The molecule has 2 rings (SSSR count). The summed E-state index contributed by atoms with van der Waals surface area (Å²) in [6.45, 7) is 6.48. The Balaban J connectivity index is 1.78. The standard InChI is InChI=1S/C12H21NO3/c1-11(2,3)16-10(14)13-9-5-4-6-12(7-9)8-15-12/h9H,4-8H2,1-3H3,(H,13,14)/t9-,12+/m1/s1. The molecule has 0 aromatic rings. The Morgan fingerprint density at radius 3 is 2.75 bits per heavy atom. The van der Waals surface area contributed by atoms with Gasteiger partial charge in [-0.25, -0.2) is 4.79 Å². The first-order valence-electron chi connectivity index (χ1n) is 6.02. The van der Waals surface area contributed by atoms with Crippen LogP contribution in [0.4, 0.5) is 4.79 Å². The summed E-state index contributed by atoms with van der Waals surface area (Å²) in [4.78, 5) is 11.6. The van der Waals surface area contributed by atoms with E-state index in [1.54, 1.807) is 0 Å². The van der Waals surface area contributed by atoms with Gasteiger partial charge in [-0.15, -0.1) is 0 Å². The third kappa shape index (κ3) is 3.11. The minimum atomic E-state index is -0.424. The molecule has 16 heavy (non-hydrogen) atoms. The second kappa shape index (κ2) is 3.91. The summed E-state index contributed by atoms with van der Waals surface area (Å²) < 4.78 is 10.7. The topological polar surface area (TPSA) is 50.9 Å². The van der Waals surface area contributed by atoms with Gasteiger partial charge in [0.1, 0.15) is 5.60 Å². The molecule has 2 aliphatic rings. The average molecular weight is 227 g/mol. The lowest BCUT2D eigenvalue weighted by Crippen LogP contribution is -2.43. The van der Waals surface area contributed by atoms with Crippen LogP contribution < -0.4 is 5.32 Å². The van der Waals surface area contributed by atoms with E-state index >= 15 is 0 Å². The molecule has 1 N–H and O–H groups in total. The minimum absolute atomic E-state index is 0.0952. The van der Waals surface area contributed by atoms with Crippen LogP contribution in [0.2, 0.25) is 0 Å². The number of alkyl carbamates (subject to hydrolysis) is 1. The van der Waals surface area contributed by atoms with Gasteiger partial charge in [0.05, 0.1) is 12.2 Å². The molecule has 4 heteroatoms. The highest BCUT2D eigenvalue weighted by molar-refractivity contribution is 5.68. The van der Waals surface area contributed by atoms with Gasteiger partial charge in [0, 0.05) is 6.04 Å². The van der Waals surface area contributed by atoms with Crippen LogP contribution in [0.25, 0.3) is 0 Å². The summed E-state index contributed by atoms with van der Waals surface area (Å²) in [5, 5.41) is 2.93. The predicted octanol–water partition coefficient (Wildman–Crippen LogP) is 2.22. The van der Waals surface area contributed by atoms with Gasteiger partial charge in [0.2, 0.25) is 0 Å². The average Bonchev–Trinajstić information content (AvgIpc) is 2.81. The van der Waals surface area contributed by atoms with E-state index in [0.717, 1.165) is 32.3 Å². The molecule has 1 amide bonds. The lowest BCUT2D eigenvalue weighted by atomic mass is 9.86. The van der Waals surface area contributed by atoms with Gasteiger partial charge in [-0.3, -0.25) is 0 Å². The normalized spacial score (nSPS) is 33.6. The predicted molar refractivity (Wildman–Crippen MR) is 60.3 cm³/mol. The minimum Gasteiger partial charge on any atom is -0.444 e. The number of carbonyl (C=O) groups excluding carboxylic acids is 1. The maximum Gasteiger partial charge on any atom is 0.407 e. The van der Waals surface area contributed by atoms with E-state index < -0.39 is 5.60 Å². The van der Waals surface area contributed by atoms with Gasteiger partial charge in [-0.05, 0) is 46.5 Å². The molecule has 1 aliphatic heterocycles. The third-order valence-electron chi connectivity index (χ3n) is 3.08. The van der Waals surface area contributed by atoms with E-state index in [1.807, 2.05) is 20.8 Å². The number of nitrogens with one attached hydrogen (secondary N) is 1. The van der Waals surface area contributed by atoms with Crippen LogP contribution in [0.15, 0.2) is 0 Å². The molecule has 92 valence electrons. The van der Waals surface area contributed by atoms with Crippen LogP contribution in [0.5, 0.6) is 0 Å². The summed E-state index contributed by atoms with van der Waals surface area (Å²) in [5.41, 5.74) is -0.329. The zero-order chi connectivity index (χ0) is 11.8. The quantitative estimate of drug-likeness (QED) is 0.699. The van der Waals surface area contributed by atoms with Gasteiger partial charge in [-0.1, -0.05) is 0 Å². The fourth-order valence-electron chi connectivity index (χ4n) is 2.29. The van der Waals surface area contributed by atoms with Crippen molar-refractivity contribution in [3.8, 4) is 0 Å². The molecule has 2 fully saturated rings. The van der Waals surface area contributed by atoms with Crippen molar-refractivity contribution >= 4 is 6.09 Å². The van der Waals surface area contributed by atoms with E-state index in [-0.39, 0.29) is 17.7 Å². The maximum absolute atomic E-state index is 11.6. The number of amides is 1. The van der Waals surface area contributed by atoms with Crippen molar-refractivity contribution in [3.05, 3.63) is 0 Å². The smallest absolute Gasteiger partial charge is 0.407 e. The van der Waals surface area contributed by atoms with Crippen LogP contribution >= 0.6 is 0 Å².